The summed E-state index contributed by atoms with van der Waals surface area (Å²) in [4.78, 5) is 12.6. The van der Waals surface area contributed by atoms with Gasteiger partial charge in [0.1, 0.15) is 5.75 Å². The van der Waals surface area contributed by atoms with E-state index in [2.05, 4.69) is 26.5 Å². The molecule has 0 aromatic heterocycles. The summed E-state index contributed by atoms with van der Waals surface area (Å²) in [5, 5.41) is 6.00. The molecule has 1 N–H and O–H groups in total. The van der Waals surface area contributed by atoms with Gasteiger partial charge in [-0.2, -0.15) is 5.10 Å². The minimum absolute atomic E-state index is 0.195. The van der Waals surface area contributed by atoms with Crippen LogP contribution in [0.2, 0.25) is 0 Å². The van der Waals surface area contributed by atoms with Crippen LogP contribution in [0.3, 0.4) is 0 Å². The van der Waals surface area contributed by atoms with Crippen molar-refractivity contribution in [1.82, 2.24) is 5.43 Å². The normalized spacial score (nSPS) is 12.5. The number of benzene rings is 3. The van der Waals surface area contributed by atoms with Crippen LogP contribution in [-0.2, 0) is 0 Å². The van der Waals surface area contributed by atoms with Crippen LogP contribution in [0.25, 0.3) is 10.8 Å². The molecule has 7 heteroatoms. The zero-order valence-corrected chi connectivity index (χ0v) is 15.9. The first-order chi connectivity index (χ1) is 13.2. The highest BCUT2D eigenvalue weighted by Crippen LogP contribution is 2.36. The summed E-state index contributed by atoms with van der Waals surface area (Å²) in [7, 11) is 1.54. The molecule has 1 amide bonds. The zero-order valence-electron chi connectivity index (χ0n) is 14.4. The summed E-state index contributed by atoms with van der Waals surface area (Å²) in [5.41, 5.74) is 3.71. The van der Waals surface area contributed by atoms with Crippen LogP contribution in [0.1, 0.15) is 15.9 Å². The Hall–Kier alpha value is -3.06. The van der Waals surface area contributed by atoms with Crippen molar-refractivity contribution < 1.29 is 19.0 Å². The highest BCUT2D eigenvalue weighted by molar-refractivity contribution is 9.10. The number of nitrogens with one attached hydrogen (secondary N) is 1. The van der Waals surface area contributed by atoms with Gasteiger partial charge in [-0.3, -0.25) is 4.79 Å². The minimum Gasteiger partial charge on any atom is -0.496 e. The Bertz CT molecular complexity index is 1070. The standard InChI is InChI=1S/C20H15BrN2O4/c1-25-17-7-13-5-3-2-4-12(13)6-15(17)20(24)23-22-10-14-8-18-19(9-16(14)21)27-11-26-18/h2-10H,11H2,1H3,(H,23,24). The molecule has 0 saturated heterocycles. The van der Waals surface area contributed by atoms with Crippen molar-refractivity contribution in [3.05, 3.63) is 64.1 Å². The first-order valence-electron chi connectivity index (χ1n) is 8.15. The fraction of sp³-hybridized carbons (Fsp3) is 0.100. The molecule has 136 valence electrons. The number of ether oxygens (including phenoxy) is 3. The summed E-state index contributed by atoms with van der Waals surface area (Å²) in [6.07, 6.45) is 1.54. The van der Waals surface area contributed by atoms with Gasteiger partial charge in [0.2, 0.25) is 6.79 Å². The second kappa shape index (κ2) is 7.28. The topological polar surface area (TPSA) is 69.2 Å². The number of hydrogen-bond donors (Lipinski definition) is 1. The predicted octanol–water partition coefficient (Wildman–Crippen LogP) is 4.10. The number of halogens is 1. The third-order valence-corrected chi connectivity index (χ3v) is 4.86. The van der Waals surface area contributed by atoms with Crippen LogP contribution in [0.15, 0.2) is 58.1 Å². The molecule has 0 unspecified atom stereocenters. The lowest BCUT2D eigenvalue weighted by Gasteiger charge is -2.09. The van der Waals surface area contributed by atoms with Gasteiger partial charge in [-0.05, 0) is 51.0 Å². The van der Waals surface area contributed by atoms with E-state index >= 15 is 0 Å². The maximum Gasteiger partial charge on any atom is 0.275 e. The molecule has 0 saturated carbocycles. The Balaban J connectivity index is 1.56. The van der Waals surface area contributed by atoms with E-state index < -0.39 is 0 Å². The van der Waals surface area contributed by atoms with Crippen molar-refractivity contribution in [3.63, 3.8) is 0 Å². The third-order valence-electron chi connectivity index (χ3n) is 4.17. The van der Waals surface area contributed by atoms with Gasteiger partial charge in [-0.1, -0.05) is 24.3 Å². The molecule has 0 atom stereocenters. The molecule has 27 heavy (non-hydrogen) atoms. The van der Waals surface area contributed by atoms with Gasteiger partial charge in [0.05, 0.1) is 18.9 Å². The average molecular weight is 427 g/mol. The highest BCUT2D eigenvalue weighted by Gasteiger charge is 2.16. The smallest absolute Gasteiger partial charge is 0.275 e. The lowest BCUT2D eigenvalue weighted by atomic mass is 10.1. The lowest BCUT2D eigenvalue weighted by Crippen LogP contribution is -2.18. The van der Waals surface area contributed by atoms with Gasteiger partial charge in [0.25, 0.3) is 5.91 Å². The van der Waals surface area contributed by atoms with Crippen molar-refractivity contribution in [2.24, 2.45) is 5.10 Å². The largest absolute Gasteiger partial charge is 0.496 e. The molecule has 0 bridgehead atoms. The van der Waals surface area contributed by atoms with Crippen LogP contribution in [0.5, 0.6) is 17.2 Å². The Morgan fingerprint density at radius 2 is 1.85 bits per heavy atom. The zero-order chi connectivity index (χ0) is 18.8. The number of hydrazone groups is 1. The predicted molar refractivity (Wildman–Crippen MR) is 106 cm³/mol. The first-order valence-corrected chi connectivity index (χ1v) is 8.94. The fourth-order valence-electron chi connectivity index (χ4n) is 2.82. The molecule has 3 aromatic rings. The molecule has 1 heterocycles. The number of rotatable bonds is 4. The lowest BCUT2D eigenvalue weighted by molar-refractivity contribution is 0.0952. The summed E-state index contributed by atoms with van der Waals surface area (Å²) in [6.45, 7) is 0.195. The molecule has 0 fully saturated rings. The number of amides is 1. The van der Waals surface area contributed by atoms with Crippen molar-refractivity contribution in [3.8, 4) is 17.2 Å². The molecule has 4 rings (SSSR count). The number of nitrogens with zero attached hydrogens (tertiary/aromatic N) is 1. The number of fused-ring (bicyclic) bond motifs is 2. The number of hydrogen-bond acceptors (Lipinski definition) is 5. The quantitative estimate of drug-likeness (QED) is 0.503. The third kappa shape index (κ3) is 3.46. The highest BCUT2D eigenvalue weighted by atomic mass is 79.9. The van der Waals surface area contributed by atoms with Gasteiger partial charge >= 0.3 is 0 Å². The second-order valence-corrected chi connectivity index (χ2v) is 6.68. The van der Waals surface area contributed by atoms with E-state index in [4.69, 9.17) is 14.2 Å². The van der Waals surface area contributed by atoms with E-state index in [-0.39, 0.29) is 12.7 Å². The monoisotopic (exact) mass is 426 g/mol. The molecule has 0 spiro atoms. The van der Waals surface area contributed by atoms with Crippen molar-refractivity contribution >= 4 is 38.8 Å². The minimum atomic E-state index is -0.356. The molecule has 6 nitrogen and oxygen atoms in total. The van der Waals surface area contributed by atoms with Gasteiger partial charge in [-0.15, -0.1) is 0 Å². The molecular weight excluding hydrogens is 412 g/mol. The van der Waals surface area contributed by atoms with E-state index in [1.165, 1.54) is 13.3 Å². The number of carbonyl (C=O) groups is 1. The van der Waals surface area contributed by atoms with E-state index in [1.54, 1.807) is 18.2 Å². The van der Waals surface area contributed by atoms with Gasteiger partial charge in [0.15, 0.2) is 11.5 Å². The van der Waals surface area contributed by atoms with Crippen LogP contribution in [0, 0.1) is 0 Å². The Labute approximate surface area is 163 Å². The Kier molecular flexibility index (Phi) is 4.68. The Morgan fingerprint density at radius 1 is 1.15 bits per heavy atom. The molecule has 0 aliphatic carbocycles. The number of carbonyl (C=O) groups excluding carboxylic acids is 1. The van der Waals surface area contributed by atoms with Crippen LogP contribution in [-0.4, -0.2) is 26.0 Å². The van der Waals surface area contributed by atoms with Crippen molar-refractivity contribution in [2.45, 2.75) is 0 Å². The van der Waals surface area contributed by atoms with Crippen molar-refractivity contribution in [2.75, 3.05) is 13.9 Å². The molecule has 1 aliphatic heterocycles. The van der Waals surface area contributed by atoms with E-state index in [0.29, 0.717) is 22.8 Å². The van der Waals surface area contributed by atoms with Gasteiger partial charge in [-0.25, -0.2) is 5.43 Å². The Morgan fingerprint density at radius 3 is 2.59 bits per heavy atom. The van der Waals surface area contributed by atoms with Gasteiger partial charge in [0, 0.05) is 10.0 Å². The van der Waals surface area contributed by atoms with Crippen LogP contribution < -0.4 is 19.6 Å². The SMILES string of the molecule is COc1cc2ccccc2cc1C(=O)NN=Cc1cc2c(cc1Br)OCO2. The maximum absolute atomic E-state index is 12.6. The summed E-state index contributed by atoms with van der Waals surface area (Å²) in [5.74, 6) is 1.45. The van der Waals surface area contributed by atoms with E-state index in [9.17, 15) is 4.79 Å². The molecule has 1 aliphatic rings. The maximum atomic E-state index is 12.6. The summed E-state index contributed by atoms with van der Waals surface area (Å²) in [6, 6.07) is 15.0. The number of methoxy groups -OCH3 is 1. The first kappa shape index (κ1) is 17.4. The fourth-order valence-corrected chi connectivity index (χ4v) is 3.24. The van der Waals surface area contributed by atoms with Crippen LogP contribution in [0.4, 0.5) is 0 Å². The van der Waals surface area contributed by atoms with Gasteiger partial charge < -0.3 is 14.2 Å². The second-order valence-electron chi connectivity index (χ2n) is 5.83. The molecule has 0 radical (unpaired) electrons. The van der Waals surface area contributed by atoms with Crippen molar-refractivity contribution in [1.29, 1.82) is 0 Å². The summed E-state index contributed by atoms with van der Waals surface area (Å²) >= 11 is 3.45. The molecule has 3 aromatic carbocycles. The summed E-state index contributed by atoms with van der Waals surface area (Å²) < 4.78 is 16.8. The van der Waals surface area contributed by atoms with E-state index in [1.807, 2.05) is 30.3 Å². The molecular formula is C20H15BrN2O4. The average Bonchev–Trinajstić information content (AvgIpc) is 3.14. The van der Waals surface area contributed by atoms with Crippen LogP contribution >= 0.6 is 15.9 Å². The van der Waals surface area contributed by atoms with E-state index in [0.717, 1.165) is 20.8 Å².